The molecule has 2 N–H and O–H groups in total. The van der Waals surface area contributed by atoms with E-state index in [0.29, 0.717) is 18.6 Å². The lowest BCUT2D eigenvalue weighted by Gasteiger charge is -2.37. The summed E-state index contributed by atoms with van der Waals surface area (Å²) in [6.07, 6.45) is 1.83. The first-order valence-corrected chi connectivity index (χ1v) is 9.01. The molecule has 118 valence electrons. The first-order valence-electron chi connectivity index (χ1n) is 7.36. The molecule has 21 heavy (non-hydrogen) atoms. The molecule has 0 unspecified atom stereocenters. The van der Waals surface area contributed by atoms with E-state index in [2.05, 4.69) is 4.72 Å². The molecule has 1 saturated carbocycles. The maximum Gasteiger partial charge on any atom is 0.215 e. The van der Waals surface area contributed by atoms with Crippen LogP contribution in [0.1, 0.15) is 26.2 Å². The van der Waals surface area contributed by atoms with Crippen LogP contribution >= 0.6 is 0 Å². The van der Waals surface area contributed by atoms with Gasteiger partial charge in [-0.15, -0.1) is 0 Å². The molecule has 5 nitrogen and oxygen atoms in total. The van der Waals surface area contributed by atoms with E-state index in [4.69, 9.17) is 4.74 Å². The average molecular weight is 313 g/mol. The van der Waals surface area contributed by atoms with Gasteiger partial charge < -0.3 is 9.84 Å². The molecular formula is C15H23NO4S. The molecule has 6 heteroatoms. The number of hydrogen-bond donors (Lipinski definition) is 2. The van der Waals surface area contributed by atoms with Crippen molar-refractivity contribution in [3.63, 3.8) is 0 Å². The Balaban J connectivity index is 1.78. The third-order valence-electron chi connectivity index (χ3n) is 3.85. The third-order valence-corrected chi connectivity index (χ3v) is 5.22. The van der Waals surface area contributed by atoms with Gasteiger partial charge in [0.2, 0.25) is 10.0 Å². The topological polar surface area (TPSA) is 75.6 Å². The Morgan fingerprint density at radius 1 is 1.33 bits per heavy atom. The zero-order valence-corrected chi connectivity index (χ0v) is 13.1. The highest BCUT2D eigenvalue weighted by Crippen LogP contribution is 2.31. The largest absolute Gasteiger partial charge is 0.492 e. The highest BCUT2D eigenvalue weighted by molar-refractivity contribution is 7.89. The fourth-order valence-electron chi connectivity index (χ4n) is 2.55. The van der Waals surface area contributed by atoms with Crippen LogP contribution in [0, 0.1) is 5.92 Å². The molecule has 0 saturated heterocycles. The Morgan fingerprint density at radius 2 is 2.00 bits per heavy atom. The maximum atomic E-state index is 12.1. The Bertz CT molecular complexity index is 526. The lowest BCUT2D eigenvalue weighted by Crippen LogP contribution is -2.47. The van der Waals surface area contributed by atoms with Crippen LogP contribution in [-0.4, -0.2) is 38.0 Å². The molecule has 0 spiro atoms. The van der Waals surface area contributed by atoms with Gasteiger partial charge in [-0.25, -0.2) is 13.1 Å². The molecular weight excluding hydrogens is 290 g/mol. The Labute approximate surface area is 126 Å². The van der Waals surface area contributed by atoms with Crippen molar-refractivity contribution in [3.8, 4) is 5.75 Å². The minimum Gasteiger partial charge on any atom is -0.492 e. The van der Waals surface area contributed by atoms with Crippen LogP contribution in [0.2, 0.25) is 0 Å². The van der Waals surface area contributed by atoms with Crippen LogP contribution in [0.25, 0.3) is 0 Å². The summed E-state index contributed by atoms with van der Waals surface area (Å²) in [5.41, 5.74) is 0. The van der Waals surface area contributed by atoms with Gasteiger partial charge in [0.1, 0.15) is 12.4 Å². The second-order valence-corrected chi connectivity index (χ2v) is 7.37. The molecule has 1 fully saturated rings. The number of para-hydroxylation sites is 1. The predicted molar refractivity (Wildman–Crippen MR) is 81.7 cm³/mol. The van der Waals surface area contributed by atoms with Gasteiger partial charge in [0.15, 0.2) is 0 Å². The Hall–Kier alpha value is -1.11. The lowest BCUT2D eigenvalue weighted by molar-refractivity contribution is 0.0277. The minimum absolute atomic E-state index is 0.0618. The van der Waals surface area contributed by atoms with Crippen molar-refractivity contribution in [2.24, 2.45) is 5.92 Å². The summed E-state index contributed by atoms with van der Waals surface area (Å²) in [5.74, 6) is 0.852. The zero-order chi connectivity index (χ0) is 15.3. The second-order valence-electron chi connectivity index (χ2n) is 5.50. The van der Waals surface area contributed by atoms with E-state index in [1.54, 1.807) is 12.1 Å². The quantitative estimate of drug-likeness (QED) is 0.763. The van der Waals surface area contributed by atoms with Crippen LogP contribution in [0.3, 0.4) is 0 Å². The SMILES string of the molecule is CC[C@H](NS(=O)(=O)CCOc1ccccc1)C1CC(O)C1. The van der Waals surface area contributed by atoms with E-state index >= 15 is 0 Å². The smallest absolute Gasteiger partial charge is 0.215 e. The van der Waals surface area contributed by atoms with Crippen molar-refractivity contribution >= 4 is 10.0 Å². The Morgan fingerprint density at radius 3 is 2.57 bits per heavy atom. The molecule has 0 aromatic heterocycles. The molecule has 0 bridgehead atoms. The highest BCUT2D eigenvalue weighted by atomic mass is 32.2. The van der Waals surface area contributed by atoms with Crippen molar-refractivity contribution in [1.29, 1.82) is 0 Å². The van der Waals surface area contributed by atoms with Crippen LogP contribution in [0.5, 0.6) is 5.75 Å². The van der Waals surface area contributed by atoms with Gasteiger partial charge in [-0.3, -0.25) is 0 Å². The van der Waals surface area contributed by atoms with Gasteiger partial charge in [-0.05, 0) is 37.3 Å². The van der Waals surface area contributed by atoms with Crippen molar-refractivity contribution in [1.82, 2.24) is 4.72 Å². The maximum absolute atomic E-state index is 12.1. The predicted octanol–water partition coefficient (Wildman–Crippen LogP) is 1.53. The lowest BCUT2D eigenvalue weighted by atomic mass is 9.77. The molecule has 0 radical (unpaired) electrons. The standard InChI is InChI=1S/C15H23NO4S/c1-2-15(12-10-13(17)11-12)16-21(18,19)9-8-20-14-6-4-3-5-7-14/h3-7,12-13,15-17H,2,8-11H2,1H3/t12?,13?,15-/m0/s1. The van der Waals surface area contributed by atoms with Gasteiger partial charge >= 0.3 is 0 Å². The van der Waals surface area contributed by atoms with Crippen LogP contribution in [0.4, 0.5) is 0 Å². The number of ether oxygens (including phenoxy) is 1. The summed E-state index contributed by atoms with van der Waals surface area (Å²) in [7, 11) is -3.36. The summed E-state index contributed by atoms with van der Waals surface area (Å²) in [6, 6.07) is 9.07. The average Bonchev–Trinajstić information content (AvgIpc) is 2.43. The van der Waals surface area contributed by atoms with Crippen molar-refractivity contribution in [2.45, 2.75) is 38.3 Å². The summed E-state index contributed by atoms with van der Waals surface area (Å²) in [6.45, 7) is 2.08. The number of hydrogen-bond acceptors (Lipinski definition) is 4. The normalized spacial score (nSPS) is 23.3. The summed E-state index contributed by atoms with van der Waals surface area (Å²) >= 11 is 0. The molecule has 0 aliphatic heterocycles. The molecule has 1 aliphatic carbocycles. The minimum atomic E-state index is -3.36. The van der Waals surface area contributed by atoms with Crippen molar-refractivity contribution < 1.29 is 18.3 Å². The molecule has 2 rings (SSSR count). The second kappa shape index (κ2) is 7.24. The highest BCUT2D eigenvalue weighted by Gasteiger charge is 2.34. The van der Waals surface area contributed by atoms with E-state index in [1.807, 2.05) is 25.1 Å². The number of rotatable bonds is 8. The fraction of sp³-hybridized carbons (Fsp3) is 0.600. The number of aliphatic hydroxyl groups excluding tert-OH is 1. The van der Waals surface area contributed by atoms with Gasteiger partial charge in [0, 0.05) is 6.04 Å². The molecule has 1 atom stereocenters. The fourth-order valence-corrected chi connectivity index (χ4v) is 3.79. The van der Waals surface area contributed by atoms with Gasteiger partial charge in [0.25, 0.3) is 0 Å². The third kappa shape index (κ3) is 4.98. The van der Waals surface area contributed by atoms with E-state index in [-0.39, 0.29) is 30.4 Å². The number of aliphatic hydroxyl groups is 1. The van der Waals surface area contributed by atoms with Crippen LogP contribution < -0.4 is 9.46 Å². The van der Waals surface area contributed by atoms with Crippen LogP contribution in [0.15, 0.2) is 30.3 Å². The molecule has 1 aliphatic rings. The van der Waals surface area contributed by atoms with Crippen molar-refractivity contribution in [2.75, 3.05) is 12.4 Å². The van der Waals surface area contributed by atoms with E-state index in [0.717, 1.165) is 6.42 Å². The number of nitrogens with one attached hydrogen (secondary N) is 1. The Kier molecular flexibility index (Phi) is 5.61. The first-order chi connectivity index (χ1) is 10.00. The molecule has 0 heterocycles. The van der Waals surface area contributed by atoms with E-state index in [1.165, 1.54) is 0 Å². The van der Waals surface area contributed by atoms with Crippen LogP contribution in [-0.2, 0) is 10.0 Å². The van der Waals surface area contributed by atoms with E-state index < -0.39 is 10.0 Å². The van der Waals surface area contributed by atoms with Gasteiger partial charge in [-0.2, -0.15) is 0 Å². The molecule has 1 aromatic rings. The van der Waals surface area contributed by atoms with E-state index in [9.17, 15) is 13.5 Å². The summed E-state index contributed by atoms with van der Waals surface area (Å²) in [5, 5.41) is 9.33. The van der Waals surface area contributed by atoms with Gasteiger partial charge in [-0.1, -0.05) is 25.1 Å². The molecule has 1 aromatic carbocycles. The zero-order valence-electron chi connectivity index (χ0n) is 12.2. The molecule has 0 amide bonds. The summed E-state index contributed by atoms with van der Waals surface area (Å²) < 4.78 is 32.3. The number of benzene rings is 1. The van der Waals surface area contributed by atoms with Crippen molar-refractivity contribution in [3.05, 3.63) is 30.3 Å². The number of sulfonamides is 1. The monoisotopic (exact) mass is 313 g/mol. The van der Waals surface area contributed by atoms with Gasteiger partial charge in [0.05, 0.1) is 11.9 Å². The first kappa shape index (κ1) is 16.3. The summed E-state index contributed by atoms with van der Waals surface area (Å²) in [4.78, 5) is 0.